The number of likely N-dealkylation sites (tertiary alicyclic amines) is 1. The van der Waals surface area contributed by atoms with Gasteiger partial charge in [0.1, 0.15) is 5.82 Å². The number of aliphatic imine (C=N–C) groups is 2. The highest BCUT2D eigenvalue weighted by atomic mass is 35.5. The zero-order valence-corrected chi connectivity index (χ0v) is 13.2. The van der Waals surface area contributed by atoms with Gasteiger partial charge in [-0.1, -0.05) is 0 Å². The Morgan fingerprint density at radius 3 is 2.14 bits per heavy atom. The number of hydrogen-bond acceptors (Lipinski definition) is 1. The highest BCUT2D eigenvalue weighted by Gasteiger charge is 2.12. The first-order valence-corrected chi connectivity index (χ1v) is 6.34. The maximum absolute atomic E-state index is 12.7. The van der Waals surface area contributed by atoms with E-state index in [1.807, 2.05) is 4.90 Å². The molecule has 21 heavy (non-hydrogen) atoms. The topological polar surface area (TPSA) is 80.0 Å². The third-order valence-corrected chi connectivity index (χ3v) is 2.98. The van der Waals surface area contributed by atoms with Gasteiger partial charge in [0.25, 0.3) is 0 Å². The summed E-state index contributed by atoms with van der Waals surface area (Å²) in [7, 11) is 0. The standard InChI is InChI=1S/C13H18FN5.2ClH/c14-10-4-6-11(7-5-10)17-12(15)18-13(16)19-8-2-1-3-9-19;;/h4-7H,1-3,8-9H2,(H4,15,16,17,18);2*1H. The van der Waals surface area contributed by atoms with Gasteiger partial charge in [0.05, 0.1) is 5.69 Å². The number of nitrogens with two attached hydrogens (primary N) is 2. The predicted octanol–water partition coefficient (Wildman–Crippen LogP) is 2.42. The lowest BCUT2D eigenvalue weighted by molar-refractivity contribution is 0.339. The summed E-state index contributed by atoms with van der Waals surface area (Å²) in [6.07, 6.45) is 3.46. The molecule has 1 aliphatic rings. The van der Waals surface area contributed by atoms with Crippen molar-refractivity contribution in [1.82, 2.24) is 4.90 Å². The normalized spacial score (nSPS) is 16.0. The van der Waals surface area contributed by atoms with E-state index < -0.39 is 0 Å². The van der Waals surface area contributed by atoms with Crippen LogP contribution in [0.25, 0.3) is 0 Å². The van der Waals surface area contributed by atoms with Gasteiger partial charge in [-0.25, -0.2) is 9.38 Å². The summed E-state index contributed by atoms with van der Waals surface area (Å²) in [4.78, 5) is 10.1. The molecule has 1 aliphatic heterocycles. The van der Waals surface area contributed by atoms with Crippen LogP contribution in [0.3, 0.4) is 0 Å². The Balaban J connectivity index is 0.00000200. The van der Waals surface area contributed by atoms with Gasteiger partial charge >= 0.3 is 0 Å². The van der Waals surface area contributed by atoms with Crippen molar-refractivity contribution < 1.29 is 4.39 Å². The van der Waals surface area contributed by atoms with Crippen LogP contribution in [0, 0.1) is 5.82 Å². The summed E-state index contributed by atoms with van der Waals surface area (Å²) in [6.45, 7) is 1.80. The third-order valence-electron chi connectivity index (χ3n) is 2.98. The molecule has 0 atom stereocenters. The molecule has 1 aromatic rings. The van der Waals surface area contributed by atoms with Gasteiger partial charge in [-0.2, -0.15) is 4.99 Å². The molecule has 5 nitrogen and oxygen atoms in total. The molecule has 0 spiro atoms. The zero-order valence-electron chi connectivity index (χ0n) is 11.5. The Labute approximate surface area is 136 Å². The van der Waals surface area contributed by atoms with E-state index in [1.54, 1.807) is 0 Å². The van der Waals surface area contributed by atoms with Crippen LogP contribution in [0.15, 0.2) is 34.3 Å². The Morgan fingerprint density at radius 2 is 1.57 bits per heavy atom. The molecule has 1 heterocycles. The van der Waals surface area contributed by atoms with Crippen molar-refractivity contribution in [1.29, 1.82) is 0 Å². The van der Waals surface area contributed by atoms with E-state index in [0.29, 0.717) is 11.6 Å². The number of nitrogens with zero attached hydrogens (tertiary/aromatic N) is 3. The first kappa shape index (κ1) is 19.5. The molecule has 1 aromatic carbocycles. The lowest BCUT2D eigenvalue weighted by atomic mass is 10.1. The van der Waals surface area contributed by atoms with Crippen molar-refractivity contribution in [2.75, 3.05) is 13.1 Å². The van der Waals surface area contributed by atoms with E-state index in [-0.39, 0.29) is 36.6 Å². The molecule has 0 unspecified atom stereocenters. The van der Waals surface area contributed by atoms with Gasteiger partial charge in [-0.3, -0.25) is 0 Å². The molecule has 118 valence electrons. The number of rotatable bonds is 1. The molecule has 8 heteroatoms. The molecule has 2 rings (SSSR count). The van der Waals surface area contributed by atoms with E-state index in [4.69, 9.17) is 11.5 Å². The maximum atomic E-state index is 12.7. The van der Waals surface area contributed by atoms with E-state index >= 15 is 0 Å². The maximum Gasteiger partial charge on any atom is 0.223 e. The lowest BCUT2D eigenvalue weighted by Crippen LogP contribution is -2.41. The van der Waals surface area contributed by atoms with Crippen LogP contribution in [0.1, 0.15) is 19.3 Å². The fraction of sp³-hybridized carbons (Fsp3) is 0.385. The third kappa shape index (κ3) is 6.18. The SMILES string of the molecule is Cl.Cl.NC(=Nc1ccc(F)cc1)/N=C(/N)N1CCCCC1. The van der Waals surface area contributed by atoms with Crippen molar-refractivity contribution in [2.45, 2.75) is 19.3 Å². The number of guanidine groups is 2. The molecule has 1 saturated heterocycles. The van der Waals surface area contributed by atoms with Gasteiger partial charge in [-0.15, -0.1) is 24.8 Å². The molecule has 0 aliphatic carbocycles. The van der Waals surface area contributed by atoms with Gasteiger partial charge in [0, 0.05) is 13.1 Å². The van der Waals surface area contributed by atoms with Gasteiger partial charge in [0.15, 0.2) is 5.96 Å². The van der Waals surface area contributed by atoms with Crippen LogP contribution in [-0.2, 0) is 0 Å². The minimum Gasteiger partial charge on any atom is -0.369 e. The Kier molecular flexibility index (Phi) is 8.73. The largest absolute Gasteiger partial charge is 0.369 e. The number of benzene rings is 1. The van der Waals surface area contributed by atoms with Gasteiger partial charge in [-0.05, 0) is 43.5 Å². The van der Waals surface area contributed by atoms with Crippen molar-refractivity contribution in [3.8, 4) is 0 Å². The number of hydrogen-bond donors (Lipinski definition) is 2. The van der Waals surface area contributed by atoms with E-state index in [1.165, 1.54) is 30.7 Å². The Bertz CT molecular complexity index is 484. The molecule has 0 bridgehead atoms. The average molecular weight is 336 g/mol. The highest BCUT2D eigenvalue weighted by molar-refractivity contribution is 5.94. The first-order chi connectivity index (χ1) is 9.15. The predicted molar refractivity (Wildman–Crippen MR) is 89.2 cm³/mol. The van der Waals surface area contributed by atoms with E-state index in [2.05, 4.69) is 9.98 Å². The van der Waals surface area contributed by atoms with Gasteiger partial charge in [0.2, 0.25) is 5.96 Å². The first-order valence-electron chi connectivity index (χ1n) is 6.34. The highest BCUT2D eigenvalue weighted by Crippen LogP contribution is 2.12. The van der Waals surface area contributed by atoms with Crippen LogP contribution in [0.2, 0.25) is 0 Å². The summed E-state index contributed by atoms with van der Waals surface area (Å²) in [5.41, 5.74) is 12.1. The molecule has 1 fully saturated rings. The molecular weight excluding hydrogens is 316 g/mol. The van der Waals surface area contributed by atoms with E-state index in [0.717, 1.165) is 25.9 Å². The summed E-state index contributed by atoms with van der Waals surface area (Å²) in [6, 6.07) is 5.72. The zero-order chi connectivity index (χ0) is 13.7. The molecular formula is C13H20Cl2FN5. The van der Waals surface area contributed by atoms with Crippen LogP contribution in [-0.4, -0.2) is 29.9 Å². The number of piperidine rings is 1. The van der Waals surface area contributed by atoms with Gasteiger partial charge < -0.3 is 16.4 Å². The minimum atomic E-state index is -0.311. The molecule has 0 saturated carbocycles. The summed E-state index contributed by atoms with van der Waals surface area (Å²) in [5, 5.41) is 0. The van der Waals surface area contributed by atoms with Crippen molar-refractivity contribution in [3.05, 3.63) is 30.1 Å². The summed E-state index contributed by atoms with van der Waals surface area (Å²) in [5.74, 6) is 0.159. The van der Waals surface area contributed by atoms with Crippen molar-refractivity contribution >= 4 is 42.4 Å². The monoisotopic (exact) mass is 335 g/mol. The van der Waals surface area contributed by atoms with Crippen LogP contribution in [0.4, 0.5) is 10.1 Å². The van der Waals surface area contributed by atoms with Crippen LogP contribution < -0.4 is 11.5 Å². The second kappa shape index (κ2) is 9.41. The van der Waals surface area contributed by atoms with E-state index in [9.17, 15) is 4.39 Å². The second-order valence-electron chi connectivity index (χ2n) is 4.46. The molecule has 0 radical (unpaired) electrons. The quantitative estimate of drug-likeness (QED) is 0.610. The lowest BCUT2D eigenvalue weighted by Gasteiger charge is -2.27. The summed E-state index contributed by atoms with van der Waals surface area (Å²) < 4.78 is 12.7. The number of halogens is 3. The van der Waals surface area contributed by atoms with Crippen molar-refractivity contribution in [2.24, 2.45) is 21.5 Å². The smallest absolute Gasteiger partial charge is 0.223 e. The van der Waals surface area contributed by atoms with Crippen molar-refractivity contribution in [3.63, 3.8) is 0 Å². The molecule has 0 amide bonds. The average Bonchev–Trinajstić information content (AvgIpc) is 2.42. The molecule has 4 N–H and O–H groups in total. The molecule has 0 aromatic heterocycles. The minimum absolute atomic E-state index is 0. The Morgan fingerprint density at radius 1 is 1.00 bits per heavy atom. The van der Waals surface area contributed by atoms with Crippen LogP contribution >= 0.6 is 24.8 Å². The summed E-state index contributed by atoms with van der Waals surface area (Å²) >= 11 is 0. The fourth-order valence-corrected chi connectivity index (χ4v) is 1.98. The Hall–Kier alpha value is -1.53. The fourth-order valence-electron chi connectivity index (χ4n) is 1.98. The second-order valence-corrected chi connectivity index (χ2v) is 4.46. The van der Waals surface area contributed by atoms with Crippen LogP contribution in [0.5, 0.6) is 0 Å².